The molecule has 0 amide bonds. The summed E-state index contributed by atoms with van der Waals surface area (Å²) in [7, 11) is 0. The second kappa shape index (κ2) is 11.3. The van der Waals surface area contributed by atoms with Crippen molar-refractivity contribution in [2.24, 2.45) is 68.3 Å². The summed E-state index contributed by atoms with van der Waals surface area (Å²) in [6.45, 7) is 26.8. The van der Waals surface area contributed by atoms with Gasteiger partial charge in [0, 0.05) is 22.3 Å². The number of nitrogen functional groups attached to an aromatic ring is 1. The Labute approximate surface area is 283 Å². The Morgan fingerprint density at radius 2 is 1.81 bits per heavy atom. The van der Waals surface area contributed by atoms with E-state index in [0.717, 1.165) is 38.5 Å². The van der Waals surface area contributed by atoms with Gasteiger partial charge in [0.1, 0.15) is 11.8 Å². The molecule has 0 spiro atoms. The predicted octanol–water partition coefficient (Wildman–Crippen LogP) is 6.65. The first-order valence-electron chi connectivity index (χ1n) is 18.5. The van der Waals surface area contributed by atoms with Gasteiger partial charge < -0.3 is 20.9 Å². The number of ketones is 1. The van der Waals surface area contributed by atoms with Crippen LogP contribution in [0.25, 0.3) is 0 Å². The average molecular weight is 653 g/mol. The first kappa shape index (κ1) is 35.0. The van der Waals surface area contributed by atoms with Crippen molar-refractivity contribution in [1.29, 1.82) is 0 Å². The highest BCUT2D eigenvalue weighted by Gasteiger charge is 2.71. The maximum absolute atomic E-state index is 13.9. The molecular weight excluding hydrogens is 588 g/mol. The van der Waals surface area contributed by atoms with Crippen LogP contribution < -0.4 is 11.5 Å². The minimum atomic E-state index is -0.474. The van der Waals surface area contributed by atoms with E-state index in [-0.39, 0.29) is 57.0 Å². The van der Waals surface area contributed by atoms with E-state index in [9.17, 15) is 4.79 Å². The van der Waals surface area contributed by atoms with E-state index >= 15 is 0 Å². The Bertz CT molecular complexity index is 1410. The minimum absolute atomic E-state index is 0.00854. The molecule has 47 heavy (non-hydrogen) atoms. The molecule has 5 aliphatic rings. The molecule has 6 rings (SSSR count). The molecule has 2 heterocycles. The smallest absolute Gasteiger partial charge is 0.260 e. The third kappa shape index (κ3) is 4.85. The van der Waals surface area contributed by atoms with E-state index in [1.54, 1.807) is 10.4 Å². The van der Waals surface area contributed by atoms with E-state index in [2.05, 4.69) is 90.7 Å². The van der Waals surface area contributed by atoms with E-state index in [4.69, 9.17) is 20.9 Å². The lowest BCUT2D eigenvalue weighted by molar-refractivity contribution is -0.253. The lowest BCUT2D eigenvalue weighted by atomic mass is 9.34. The molecule has 1 aromatic rings. The van der Waals surface area contributed by atoms with Crippen LogP contribution in [0.2, 0.25) is 0 Å². The second-order valence-corrected chi connectivity index (χ2v) is 18.7. The SMILES string of the molecule is CC(=O)[C@@H]1[C@@](C)([C@H](C)C(C)C)CC[C@]2(C)[C@H]3CC[C@@H]4[C@@]5(COC[C@]4(C)[C@@H](OC[C@@](C)(N)C(C)C)[C@H](n4nnc(N)n4)C5)C3=CC[C@@]12C. The van der Waals surface area contributed by atoms with Gasteiger partial charge >= 0.3 is 0 Å². The molecule has 264 valence electrons. The number of rotatable bonds is 8. The van der Waals surface area contributed by atoms with Gasteiger partial charge in [-0.25, -0.2) is 0 Å². The molecule has 4 aliphatic carbocycles. The molecule has 4 fully saturated rings. The average Bonchev–Trinajstić information content (AvgIpc) is 3.42. The minimum Gasteiger partial charge on any atom is -0.380 e. The van der Waals surface area contributed by atoms with Gasteiger partial charge in [-0.1, -0.05) is 79.1 Å². The molecule has 3 saturated carbocycles. The molecule has 1 aliphatic heterocycles. The van der Waals surface area contributed by atoms with Gasteiger partial charge in [0.2, 0.25) is 0 Å². The van der Waals surface area contributed by atoms with Gasteiger partial charge in [0.05, 0.1) is 25.9 Å². The van der Waals surface area contributed by atoms with E-state index in [0.29, 0.717) is 49.3 Å². The molecule has 0 aromatic carbocycles. The van der Waals surface area contributed by atoms with Gasteiger partial charge in [-0.3, -0.25) is 4.79 Å². The Hall–Kier alpha value is -1.84. The fourth-order valence-corrected chi connectivity index (χ4v) is 12.3. The maximum Gasteiger partial charge on any atom is 0.260 e. The number of ether oxygens (including phenoxy) is 2. The number of hydrogen-bond acceptors (Lipinski definition) is 8. The molecule has 4 N–H and O–H groups in total. The van der Waals surface area contributed by atoms with Crippen molar-refractivity contribution in [1.82, 2.24) is 20.2 Å². The molecule has 9 heteroatoms. The highest BCUT2D eigenvalue weighted by Crippen LogP contribution is 2.75. The van der Waals surface area contributed by atoms with Gasteiger partial charge in [0.25, 0.3) is 5.95 Å². The lowest BCUT2D eigenvalue weighted by Crippen LogP contribution is -2.69. The Morgan fingerprint density at radius 3 is 2.40 bits per heavy atom. The predicted molar refractivity (Wildman–Crippen MR) is 185 cm³/mol. The molecule has 0 unspecified atom stereocenters. The summed E-state index contributed by atoms with van der Waals surface area (Å²) in [5.41, 5.74) is 13.4. The second-order valence-electron chi connectivity index (χ2n) is 18.7. The normalized spacial score (nSPS) is 45.0. The largest absolute Gasteiger partial charge is 0.380 e. The number of carbonyl (C=O) groups excluding carboxylic acids is 1. The Morgan fingerprint density at radius 1 is 1.11 bits per heavy atom. The fraction of sp³-hybridized carbons (Fsp3) is 0.895. The molecule has 1 saturated heterocycles. The van der Waals surface area contributed by atoms with Crippen molar-refractivity contribution < 1.29 is 14.3 Å². The van der Waals surface area contributed by atoms with Crippen LogP contribution in [0.5, 0.6) is 0 Å². The van der Waals surface area contributed by atoms with Crippen LogP contribution in [0, 0.1) is 62.6 Å². The zero-order chi connectivity index (χ0) is 34.5. The third-order valence-corrected chi connectivity index (χ3v) is 15.9. The molecule has 9 nitrogen and oxygen atoms in total. The zero-order valence-electron chi connectivity index (χ0n) is 31.2. The number of tetrazole rings is 1. The van der Waals surface area contributed by atoms with Crippen molar-refractivity contribution in [2.45, 2.75) is 132 Å². The highest BCUT2D eigenvalue weighted by molar-refractivity contribution is 5.80. The first-order chi connectivity index (χ1) is 21.8. The molecule has 1 aromatic heterocycles. The number of anilines is 1. The van der Waals surface area contributed by atoms with Crippen molar-refractivity contribution in [3.8, 4) is 0 Å². The maximum atomic E-state index is 13.9. The Kier molecular flexibility index (Phi) is 8.45. The summed E-state index contributed by atoms with van der Waals surface area (Å²) in [5, 5.41) is 13.2. The standard InChI is InChI=1S/C38H64N6O3/c1-22(2)24(5)33(7)16-17-35(9)26-12-13-29-34(8)19-46-21-38(29,27(26)14-15-36(35,10)30(33)25(6)45)18-28(44-42-32(39)41-43-44)31(34)47-20-37(11,40)23(3)4/h14,22-24,26,28-31H,12-13,15-21,40H2,1-11H3,(H2,39,42)/t24-,26+,28-,29+,30-,31+,33-,34+,35-,36+,37-,38+/m1/s1. The van der Waals surface area contributed by atoms with E-state index in [1.807, 2.05) is 6.92 Å². The van der Waals surface area contributed by atoms with Crippen molar-refractivity contribution in [2.75, 3.05) is 25.6 Å². The summed E-state index contributed by atoms with van der Waals surface area (Å²) < 4.78 is 13.6. The van der Waals surface area contributed by atoms with E-state index in [1.165, 1.54) is 0 Å². The molecule has 2 bridgehead atoms. The molecular formula is C38H64N6O3. The lowest BCUT2D eigenvalue weighted by Gasteiger charge is -2.71. The number of nitrogens with two attached hydrogens (primary N) is 2. The summed E-state index contributed by atoms with van der Waals surface area (Å²) in [4.78, 5) is 15.6. The van der Waals surface area contributed by atoms with Crippen molar-refractivity contribution >= 4 is 11.7 Å². The molecule has 12 atom stereocenters. The quantitative estimate of drug-likeness (QED) is 0.299. The molecule has 0 radical (unpaired) electrons. The van der Waals surface area contributed by atoms with Crippen LogP contribution in [-0.4, -0.2) is 57.5 Å². The topological polar surface area (TPSA) is 131 Å². The van der Waals surface area contributed by atoms with Crippen molar-refractivity contribution in [3.63, 3.8) is 0 Å². The van der Waals surface area contributed by atoms with Crippen LogP contribution in [0.4, 0.5) is 5.95 Å². The summed E-state index contributed by atoms with van der Waals surface area (Å²) in [6, 6.07) is -0.153. The third-order valence-electron chi connectivity index (χ3n) is 15.9. The first-order valence-corrected chi connectivity index (χ1v) is 18.5. The van der Waals surface area contributed by atoms with Crippen LogP contribution in [0.3, 0.4) is 0 Å². The number of allylic oxidation sites excluding steroid dienone is 1. The van der Waals surface area contributed by atoms with Crippen LogP contribution in [0.1, 0.15) is 121 Å². The number of hydrogen-bond donors (Lipinski definition) is 2. The number of Topliss-reactive ketones (excluding diaryl/α,β-unsaturated/α-hetero) is 1. The van der Waals surface area contributed by atoms with Crippen molar-refractivity contribution in [3.05, 3.63) is 11.6 Å². The highest BCUT2D eigenvalue weighted by atomic mass is 16.5. The monoisotopic (exact) mass is 653 g/mol. The summed E-state index contributed by atoms with van der Waals surface area (Å²) in [6.07, 6.45) is 8.59. The number of nitrogens with zero attached hydrogens (tertiary/aromatic N) is 4. The fourth-order valence-electron chi connectivity index (χ4n) is 12.3. The number of aromatic nitrogens is 4. The number of fused-ring (bicyclic) bond motifs is 3. The number of carbonyl (C=O) groups is 1. The summed E-state index contributed by atoms with van der Waals surface area (Å²) >= 11 is 0. The zero-order valence-corrected chi connectivity index (χ0v) is 31.2. The van der Waals surface area contributed by atoms with E-state index < -0.39 is 5.54 Å². The Balaban J connectivity index is 1.44. The summed E-state index contributed by atoms with van der Waals surface area (Å²) in [5.74, 6) is 2.61. The van der Waals surface area contributed by atoms with Crippen LogP contribution in [-0.2, 0) is 14.3 Å². The van der Waals surface area contributed by atoms with Crippen LogP contribution >= 0.6 is 0 Å². The van der Waals surface area contributed by atoms with Gasteiger partial charge in [-0.2, -0.15) is 4.80 Å². The van der Waals surface area contributed by atoms with Crippen LogP contribution in [0.15, 0.2) is 11.6 Å². The van der Waals surface area contributed by atoms with Gasteiger partial charge in [-0.15, -0.1) is 5.10 Å². The van der Waals surface area contributed by atoms with Gasteiger partial charge in [0.15, 0.2) is 0 Å². The van der Waals surface area contributed by atoms with Gasteiger partial charge in [-0.05, 0) is 103 Å².